The molecule has 2 atom stereocenters. The zero-order valence-corrected chi connectivity index (χ0v) is 14.4. The van der Waals surface area contributed by atoms with Gasteiger partial charge >= 0.3 is 0 Å². The lowest BCUT2D eigenvalue weighted by Crippen LogP contribution is -2.49. The van der Waals surface area contributed by atoms with Gasteiger partial charge in [-0.3, -0.25) is 4.79 Å². The number of nitrogens with zero attached hydrogens (tertiary/aromatic N) is 1. The number of fused-ring (bicyclic) bond motifs is 2. The molecule has 0 radical (unpaired) electrons. The Kier molecular flexibility index (Phi) is 4.36. The third kappa shape index (κ3) is 3.09. The predicted molar refractivity (Wildman–Crippen MR) is 88.5 cm³/mol. The molecule has 2 aliphatic heterocycles. The van der Waals surface area contributed by atoms with Gasteiger partial charge in [0.25, 0.3) is 5.91 Å². The number of rotatable bonds is 4. The van der Waals surface area contributed by atoms with Crippen molar-refractivity contribution in [3.63, 3.8) is 0 Å². The van der Waals surface area contributed by atoms with Crippen LogP contribution in [0.25, 0.3) is 0 Å². The fourth-order valence-electron chi connectivity index (χ4n) is 3.87. The molecule has 2 heterocycles. The topological polar surface area (TPSA) is 63.7 Å². The second-order valence-electron chi connectivity index (χ2n) is 6.45. The lowest BCUT2D eigenvalue weighted by molar-refractivity contribution is 0.0594. The minimum atomic E-state index is -3.04. The van der Waals surface area contributed by atoms with Crippen LogP contribution in [0.1, 0.15) is 43.0 Å². The van der Waals surface area contributed by atoms with E-state index in [0.29, 0.717) is 30.8 Å². The van der Waals surface area contributed by atoms with Crippen molar-refractivity contribution in [1.29, 1.82) is 0 Å². The Balaban J connectivity index is 1.85. The smallest absolute Gasteiger partial charge is 0.258 e. The summed E-state index contributed by atoms with van der Waals surface area (Å²) in [7, 11) is -3.04. The molecule has 1 amide bonds. The van der Waals surface area contributed by atoms with Crippen molar-refractivity contribution in [2.75, 3.05) is 12.9 Å². The first-order valence-corrected chi connectivity index (χ1v) is 10.1. The maximum Gasteiger partial charge on any atom is 0.258 e. The highest BCUT2D eigenvalue weighted by Gasteiger charge is 2.46. The molecular weight excluding hydrogens is 314 g/mol. The summed E-state index contributed by atoms with van der Waals surface area (Å²) in [6.45, 7) is 2.40. The van der Waals surface area contributed by atoms with Crippen LogP contribution in [-0.2, 0) is 9.84 Å². The Morgan fingerprint density at radius 3 is 2.39 bits per heavy atom. The molecule has 1 aromatic carbocycles. The van der Waals surface area contributed by atoms with Gasteiger partial charge in [-0.05, 0) is 44.7 Å². The van der Waals surface area contributed by atoms with Crippen LogP contribution in [0.5, 0.6) is 5.75 Å². The zero-order valence-electron chi connectivity index (χ0n) is 13.6. The van der Waals surface area contributed by atoms with Crippen LogP contribution in [-0.4, -0.2) is 49.4 Å². The van der Waals surface area contributed by atoms with Gasteiger partial charge < -0.3 is 9.64 Å². The first-order valence-electron chi connectivity index (χ1n) is 8.15. The average molecular weight is 337 g/mol. The Labute approximate surface area is 137 Å². The van der Waals surface area contributed by atoms with Crippen LogP contribution in [0.3, 0.4) is 0 Å². The molecule has 23 heavy (non-hydrogen) atoms. The Morgan fingerprint density at radius 1 is 1.22 bits per heavy atom. The molecule has 0 saturated carbocycles. The summed E-state index contributed by atoms with van der Waals surface area (Å²) in [5, 5.41) is -0.314. The maximum atomic E-state index is 13.0. The van der Waals surface area contributed by atoms with Crippen molar-refractivity contribution in [2.24, 2.45) is 0 Å². The van der Waals surface area contributed by atoms with Gasteiger partial charge in [-0.15, -0.1) is 0 Å². The molecule has 1 aromatic rings. The van der Waals surface area contributed by atoms with Gasteiger partial charge in [0.15, 0.2) is 0 Å². The summed E-state index contributed by atoms with van der Waals surface area (Å²) in [6, 6.07) is 7.33. The van der Waals surface area contributed by atoms with Crippen LogP contribution < -0.4 is 4.74 Å². The van der Waals surface area contributed by atoms with E-state index in [4.69, 9.17) is 4.74 Å². The molecule has 2 bridgehead atoms. The predicted octanol–water partition coefficient (Wildman–Crippen LogP) is 2.27. The van der Waals surface area contributed by atoms with Crippen LogP contribution >= 0.6 is 0 Å². The Morgan fingerprint density at radius 2 is 1.83 bits per heavy atom. The first-order chi connectivity index (χ1) is 10.9. The molecule has 2 fully saturated rings. The van der Waals surface area contributed by atoms with E-state index in [1.807, 2.05) is 30.0 Å². The fraction of sp³-hybridized carbons (Fsp3) is 0.588. The third-order valence-corrected chi connectivity index (χ3v) is 6.54. The second-order valence-corrected chi connectivity index (χ2v) is 8.78. The fourth-order valence-corrected chi connectivity index (χ4v) is 5.02. The molecule has 126 valence electrons. The zero-order chi connectivity index (χ0) is 16.6. The van der Waals surface area contributed by atoms with Gasteiger partial charge in [0.2, 0.25) is 0 Å². The third-order valence-electron chi connectivity index (χ3n) is 4.95. The molecule has 0 aliphatic carbocycles. The van der Waals surface area contributed by atoms with Crippen LogP contribution in [0.4, 0.5) is 0 Å². The van der Waals surface area contributed by atoms with E-state index in [1.165, 1.54) is 6.26 Å². The number of ether oxygens (including phenoxy) is 1. The van der Waals surface area contributed by atoms with Crippen LogP contribution in [0.2, 0.25) is 0 Å². The number of para-hydroxylation sites is 1. The van der Waals surface area contributed by atoms with Gasteiger partial charge in [0.05, 0.1) is 17.4 Å². The van der Waals surface area contributed by atoms with Gasteiger partial charge in [-0.2, -0.15) is 0 Å². The molecule has 0 spiro atoms. The van der Waals surface area contributed by atoms with Gasteiger partial charge in [-0.25, -0.2) is 8.42 Å². The number of hydrogen-bond donors (Lipinski definition) is 0. The first kappa shape index (κ1) is 16.3. The molecule has 6 heteroatoms. The summed E-state index contributed by atoms with van der Waals surface area (Å²) < 4.78 is 29.3. The average Bonchev–Trinajstić information content (AvgIpc) is 2.76. The number of sulfone groups is 1. The highest BCUT2D eigenvalue weighted by molar-refractivity contribution is 7.91. The quantitative estimate of drug-likeness (QED) is 0.845. The summed E-state index contributed by atoms with van der Waals surface area (Å²) in [4.78, 5) is 14.9. The molecule has 2 saturated heterocycles. The molecule has 0 N–H and O–H groups in total. The lowest BCUT2D eigenvalue weighted by Gasteiger charge is -2.38. The van der Waals surface area contributed by atoms with Gasteiger partial charge in [0, 0.05) is 18.3 Å². The second kappa shape index (κ2) is 6.15. The molecule has 0 unspecified atom stereocenters. The Bertz CT molecular complexity index is 686. The van der Waals surface area contributed by atoms with Gasteiger partial charge in [0.1, 0.15) is 15.6 Å². The van der Waals surface area contributed by atoms with E-state index >= 15 is 0 Å². The number of hydrogen-bond acceptors (Lipinski definition) is 4. The van der Waals surface area contributed by atoms with Crippen molar-refractivity contribution in [3.05, 3.63) is 29.8 Å². The number of amides is 1. The van der Waals surface area contributed by atoms with Crippen molar-refractivity contribution in [2.45, 2.75) is 49.9 Å². The number of carbonyl (C=O) groups is 1. The molecule has 3 rings (SSSR count). The summed E-state index contributed by atoms with van der Waals surface area (Å²) in [6.07, 6.45) is 4.19. The molecule has 5 nitrogen and oxygen atoms in total. The normalized spacial score (nSPS) is 27.0. The van der Waals surface area contributed by atoms with Crippen molar-refractivity contribution < 1.29 is 17.9 Å². The molecule has 0 aromatic heterocycles. The van der Waals surface area contributed by atoms with Gasteiger partial charge in [-0.1, -0.05) is 12.1 Å². The molecular formula is C17H23NO4S. The minimum Gasteiger partial charge on any atom is -0.493 e. The largest absolute Gasteiger partial charge is 0.493 e. The van der Waals surface area contributed by atoms with Crippen LogP contribution in [0.15, 0.2) is 24.3 Å². The van der Waals surface area contributed by atoms with E-state index in [-0.39, 0.29) is 23.2 Å². The standard InChI is InChI=1S/C17H23NO4S/c1-3-22-16-7-5-4-6-15(16)17(19)18-12-8-9-13(18)11-14(10-12)23(2,20)21/h4-7,12-14H,3,8-11H2,1-2H3/t12-,13-/m0/s1. The van der Waals surface area contributed by atoms with Crippen molar-refractivity contribution in [3.8, 4) is 5.75 Å². The van der Waals surface area contributed by atoms with E-state index in [9.17, 15) is 13.2 Å². The van der Waals surface area contributed by atoms with E-state index < -0.39 is 9.84 Å². The van der Waals surface area contributed by atoms with E-state index in [1.54, 1.807) is 6.07 Å². The van der Waals surface area contributed by atoms with E-state index in [2.05, 4.69) is 0 Å². The number of benzene rings is 1. The van der Waals surface area contributed by atoms with Crippen molar-refractivity contribution >= 4 is 15.7 Å². The van der Waals surface area contributed by atoms with Crippen molar-refractivity contribution in [1.82, 2.24) is 4.90 Å². The number of piperidine rings is 1. The molecule has 2 aliphatic rings. The van der Waals surface area contributed by atoms with Crippen LogP contribution in [0, 0.1) is 0 Å². The maximum absolute atomic E-state index is 13.0. The summed E-state index contributed by atoms with van der Waals surface area (Å²) >= 11 is 0. The minimum absolute atomic E-state index is 0.0238. The SMILES string of the molecule is CCOc1ccccc1C(=O)N1[C@H]2CC[C@H]1CC(S(C)(=O)=O)C2. The van der Waals surface area contributed by atoms with E-state index in [0.717, 1.165) is 12.8 Å². The summed E-state index contributed by atoms with van der Waals surface area (Å²) in [5.41, 5.74) is 0.573. The number of carbonyl (C=O) groups excluding carboxylic acids is 1. The monoisotopic (exact) mass is 337 g/mol. The highest BCUT2D eigenvalue weighted by Crippen LogP contribution is 2.39. The Hall–Kier alpha value is -1.56. The lowest BCUT2D eigenvalue weighted by atomic mass is 10.0. The highest BCUT2D eigenvalue weighted by atomic mass is 32.2. The summed E-state index contributed by atoms with van der Waals surface area (Å²) in [5.74, 6) is 0.568.